The molecule has 0 aliphatic carbocycles. The van der Waals surface area contributed by atoms with Crippen LogP contribution in [0.1, 0.15) is 53.1 Å². The van der Waals surface area contributed by atoms with Gasteiger partial charge in [-0.15, -0.1) is 0 Å². The van der Waals surface area contributed by atoms with Crippen LogP contribution >= 0.6 is 22.6 Å². The van der Waals surface area contributed by atoms with Crippen LogP contribution in [0.3, 0.4) is 0 Å². The fourth-order valence-electron chi connectivity index (χ4n) is 5.54. The van der Waals surface area contributed by atoms with E-state index in [2.05, 4.69) is 44.4 Å². The lowest BCUT2D eigenvalue weighted by Gasteiger charge is -2.39. The van der Waals surface area contributed by atoms with Crippen LogP contribution in [-0.2, 0) is 6.54 Å². The van der Waals surface area contributed by atoms with Gasteiger partial charge in [-0.3, -0.25) is 14.5 Å². The number of H-pyrrole nitrogens is 1. The zero-order valence-corrected chi connectivity index (χ0v) is 23.9. The van der Waals surface area contributed by atoms with Crippen LogP contribution in [0.4, 0.5) is 13.2 Å². The van der Waals surface area contributed by atoms with Crippen LogP contribution < -0.4 is 15.6 Å². The van der Waals surface area contributed by atoms with Gasteiger partial charge >= 0.3 is 6.18 Å². The van der Waals surface area contributed by atoms with E-state index in [0.717, 1.165) is 16.6 Å². The summed E-state index contributed by atoms with van der Waals surface area (Å²) in [6.07, 6.45) is -2.95. The number of methoxy groups -OCH3 is 1. The number of aromatic nitrogens is 2. The van der Waals surface area contributed by atoms with Crippen molar-refractivity contribution in [1.82, 2.24) is 19.8 Å². The van der Waals surface area contributed by atoms with E-state index in [1.54, 1.807) is 13.0 Å². The highest BCUT2D eigenvalue weighted by Crippen LogP contribution is 2.39. The number of likely N-dealkylation sites (tertiary alicyclic amines) is 1. The number of nitrogens with zero attached hydrogens (tertiary/aromatic N) is 2. The average molecular weight is 644 g/mol. The van der Waals surface area contributed by atoms with Crippen LogP contribution in [0.5, 0.6) is 5.75 Å². The van der Waals surface area contributed by atoms with Gasteiger partial charge in [-0.1, -0.05) is 40.8 Å². The molecule has 38 heavy (non-hydrogen) atoms. The molecule has 2 aromatic heterocycles. The Morgan fingerprint density at radius 2 is 2.00 bits per heavy atom. The first-order chi connectivity index (χ1) is 17.9. The largest absolute Gasteiger partial charge is 0.496 e. The summed E-state index contributed by atoms with van der Waals surface area (Å²) in [7, 11) is 1.48. The van der Waals surface area contributed by atoms with Gasteiger partial charge in [-0.25, -0.2) is 0 Å². The second kappa shape index (κ2) is 11.3. The molecule has 1 aromatic carbocycles. The van der Waals surface area contributed by atoms with Crippen molar-refractivity contribution in [3.63, 3.8) is 0 Å². The van der Waals surface area contributed by atoms with Crippen molar-refractivity contribution < 1.29 is 22.7 Å². The van der Waals surface area contributed by atoms with E-state index in [-0.39, 0.29) is 34.0 Å². The lowest BCUT2D eigenvalue weighted by Crippen LogP contribution is -2.45. The van der Waals surface area contributed by atoms with E-state index in [1.165, 1.54) is 12.0 Å². The average Bonchev–Trinajstić information content (AvgIpc) is 3.14. The number of carbonyl (C=O) groups is 1. The molecular formula is C27H32F3IN4O3. The number of hydrogen-bond acceptors (Lipinski definition) is 4. The van der Waals surface area contributed by atoms with Crippen molar-refractivity contribution in [2.75, 3.05) is 20.2 Å². The number of carbonyl (C=O) groups excluding carboxylic acids is 1. The molecule has 4 rings (SSSR count). The highest BCUT2D eigenvalue weighted by atomic mass is 127. The van der Waals surface area contributed by atoms with Gasteiger partial charge in [0, 0.05) is 28.3 Å². The highest BCUT2D eigenvalue weighted by molar-refractivity contribution is 14.1. The number of fused-ring (bicyclic) bond motifs is 1. The number of benzene rings is 1. The van der Waals surface area contributed by atoms with Crippen LogP contribution in [-0.4, -0.2) is 50.8 Å². The summed E-state index contributed by atoms with van der Waals surface area (Å²) in [5.74, 6) is 0.255. The van der Waals surface area contributed by atoms with Crippen molar-refractivity contribution in [2.45, 2.75) is 56.4 Å². The number of piperidine rings is 1. The van der Waals surface area contributed by atoms with Gasteiger partial charge in [0.2, 0.25) is 0 Å². The van der Waals surface area contributed by atoms with Gasteiger partial charge < -0.3 is 19.6 Å². The maximum Gasteiger partial charge on any atom is 0.401 e. The second-order valence-electron chi connectivity index (χ2n) is 9.90. The molecular weight excluding hydrogens is 612 g/mol. The summed E-state index contributed by atoms with van der Waals surface area (Å²) >= 11 is 2.11. The number of aromatic amines is 1. The topological polar surface area (TPSA) is 79.4 Å². The molecule has 1 aliphatic rings. The Bertz CT molecular complexity index is 1380. The minimum Gasteiger partial charge on any atom is -0.496 e. The van der Waals surface area contributed by atoms with E-state index in [4.69, 9.17) is 4.74 Å². The third kappa shape index (κ3) is 5.88. The number of pyridine rings is 1. The molecule has 7 nitrogen and oxygen atoms in total. The molecule has 0 spiro atoms. The number of ether oxygens (including phenoxy) is 1. The minimum absolute atomic E-state index is 0.000298. The lowest BCUT2D eigenvalue weighted by atomic mass is 9.90. The molecule has 1 aliphatic heterocycles. The summed E-state index contributed by atoms with van der Waals surface area (Å²) in [6, 6.07) is 9.33. The van der Waals surface area contributed by atoms with E-state index in [1.807, 2.05) is 31.2 Å². The molecule has 1 fully saturated rings. The van der Waals surface area contributed by atoms with Crippen molar-refractivity contribution in [3.05, 3.63) is 63.2 Å². The number of alkyl halides is 4. The number of para-hydroxylation sites is 1. The summed E-state index contributed by atoms with van der Waals surface area (Å²) in [5, 5.41) is 3.67. The fourth-order valence-corrected chi connectivity index (χ4v) is 6.67. The molecule has 206 valence electrons. The fraction of sp³-hybridized carbons (Fsp3) is 0.481. The number of hydrogen-bond donors (Lipinski definition) is 2. The maximum absolute atomic E-state index is 13.5. The molecule has 1 saturated heterocycles. The summed E-state index contributed by atoms with van der Waals surface area (Å²) in [5.41, 5.74) is 2.88. The molecule has 0 saturated carbocycles. The summed E-state index contributed by atoms with van der Waals surface area (Å²) in [4.78, 5) is 30.2. The van der Waals surface area contributed by atoms with Gasteiger partial charge in [-0.05, 0) is 58.2 Å². The monoisotopic (exact) mass is 644 g/mol. The number of nitrogens with one attached hydrogen (secondary N) is 2. The van der Waals surface area contributed by atoms with Crippen LogP contribution in [0.25, 0.3) is 10.9 Å². The SMILES string of the molecule is COc1cc(C)[nH]c(=O)c1CNC(=O)c1c(C)n([C@H](C)C2CCN(CC(F)(F)F)C(I)C2)c2ccccc12. The predicted molar refractivity (Wildman–Crippen MR) is 149 cm³/mol. The Morgan fingerprint density at radius 3 is 2.66 bits per heavy atom. The third-order valence-electron chi connectivity index (χ3n) is 7.41. The van der Waals surface area contributed by atoms with Crippen LogP contribution in [0, 0.1) is 19.8 Å². The first kappa shape index (κ1) is 28.5. The first-order valence-corrected chi connectivity index (χ1v) is 13.7. The number of halogens is 4. The van der Waals surface area contributed by atoms with E-state index < -0.39 is 12.7 Å². The predicted octanol–water partition coefficient (Wildman–Crippen LogP) is 5.48. The molecule has 3 atom stereocenters. The first-order valence-electron chi connectivity index (χ1n) is 12.5. The molecule has 3 aromatic rings. The van der Waals surface area contributed by atoms with Crippen LogP contribution in [0.15, 0.2) is 35.1 Å². The molecule has 3 heterocycles. The Labute approximate surface area is 232 Å². The summed E-state index contributed by atoms with van der Waals surface area (Å²) in [6.45, 7) is 5.20. The number of aryl methyl sites for hydroxylation is 1. The Kier molecular flexibility index (Phi) is 8.46. The molecule has 0 radical (unpaired) electrons. The zero-order valence-electron chi connectivity index (χ0n) is 21.8. The molecule has 0 bridgehead atoms. The van der Waals surface area contributed by atoms with Gasteiger partial charge in [0.05, 0.1) is 35.4 Å². The lowest BCUT2D eigenvalue weighted by molar-refractivity contribution is -0.150. The number of rotatable bonds is 7. The van der Waals surface area contributed by atoms with Gasteiger partial charge in [0.15, 0.2) is 0 Å². The van der Waals surface area contributed by atoms with Crippen molar-refractivity contribution in [1.29, 1.82) is 0 Å². The minimum atomic E-state index is -4.22. The molecule has 2 unspecified atom stereocenters. The van der Waals surface area contributed by atoms with E-state index >= 15 is 0 Å². The van der Waals surface area contributed by atoms with Gasteiger partial charge in [-0.2, -0.15) is 13.2 Å². The Morgan fingerprint density at radius 1 is 1.29 bits per heavy atom. The smallest absolute Gasteiger partial charge is 0.401 e. The van der Waals surface area contributed by atoms with Crippen molar-refractivity contribution >= 4 is 39.4 Å². The Balaban J connectivity index is 1.60. The number of amides is 1. The van der Waals surface area contributed by atoms with Gasteiger partial charge in [0.25, 0.3) is 11.5 Å². The quantitative estimate of drug-likeness (QED) is 0.203. The summed E-state index contributed by atoms with van der Waals surface area (Å²) < 4.78 is 46.2. The standard InChI is InChI=1S/C27H32F3IN4O3/c1-15-11-22(38-4)20(25(36)33-15)13-32-26(37)24-17(3)35(21-8-6-5-7-19(21)24)16(2)18-9-10-34(23(31)12-18)14-27(28,29)30/h5-8,11,16,18,23H,9-10,12-14H2,1-4H3,(H,32,37)(H,33,36)/t16-,18?,23?/m1/s1. The molecule has 2 N–H and O–H groups in total. The van der Waals surface area contributed by atoms with Crippen LogP contribution in [0.2, 0.25) is 0 Å². The molecule has 11 heteroatoms. The zero-order chi connectivity index (χ0) is 27.8. The normalized spacial score (nSPS) is 19.5. The van der Waals surface area contributed by atoms with Crippen molar-refractivity contribution in [3.8, 4) is 5.75 Å². The third-order valence-corrected chi connectivity index (χ3v) is 8.71. The molecule has 1 amide bonds. The maximum atomic E-state index is 13.5. The Hall–Kier alpha value is -2.54. The van der Waals surface area contributed by atoms with E-state index in [9.17, 15) is 22.8 Å². The highest BCUT2D eigenvalue weighted by Gasteiger charge is 2.38. The van der Waals surface area contributed by atoms with E-state index in [0.29, 0.717) is 42.0 Å². The van der Waals surface area contributed by atoms with Gasteiger partial charge in [0.1, 0.15) is 5.75 Å². The second-order valence-corrected chi connectivity index (χ2v) is 11.3. The van der Waals surface area contributed by atoms with Crippen molar-refractivity contribution in [2.24, 2.45) is 5.92 Å².